The molecule has 22 heteroatoms. The summed E-state index contributed by atoms with van der Waals surface area (Å²) in [6.07, 6.45) is 1.69. The van der Waals surface area contributed by atoms with Gasteiger partial charge in [0.1, 0.15) is 31.5 Å². The van der Waals surface area contributed by atoms with E-state index in [-0.39, 0.29) is 42.0 Å². The predicted octanol–water partition coefficient (Wildman–Crippen LogP) is -1.53. The first-order valence-electron chi connectivity index (χ1n) is 17.3. The zero-order valence-electron chi connectivity index (χ0n) is 28.1. The van der Waals surface area contributed by atoms with Crippen molar-refractivity contribution in [1.29, 1.82) is 0 Å². The first-order valence-corrected chi connectivity index (χ1v) is 18.0. The fourth-order valence-corrected chi connectivity index (χ4v) is 8.12. The monoisotopic (exact) mass is 778 g/mol. The number of nitrogens with one attached hydrogen (secondary N) is 4. The second-order valence-corrected chi connectivity index (χ2v) is 14.5. The van der Waals surface area contributed by atoms with Gasteiger partial charge in [0.15, 0.2) is 34.0 Å². The molecule has 3 aliphatic carbocycles. The summed E-state index contributed by atoms with van der Waals surface area (Å²) in [5.41, 5.74) is 1.71. The molecule has 53 heavy (non-hydrogen) atoms. The second kappa shape index (κ2) is 15.4. The number of hydrogen-bond donors (Lipinski definition) is 10. The third-order valence-corrected chi connectivity index (χ3v) is 10.8. The van der Waals surface area contributed by atoms with Gasteiger partial charge < -0.3 is 61.0 Å². The predicted molar refractivity (Wildman–Crippen MR) is 188 cm³/mol. The maximum Gasteiger partial charge on any atom is 0.246 e. The molecule has 8 atom stereocenters. The quantitative estimate of drug-likeness (QED) is 0.0773. The van der Waals surface area contributed by atoms with Crippen molar-refractivity contribution < 1.29 is 40.2 Å². The molecule has 0 spiro atoms. The summed E-state index contributed by atoms with van der Waals surface area (Å²) in [6.45, 7) is -1.21. The number of imidazole rings is 2. The molecule has 7 rings (SSSR count). The van der Waals surface area contributed by atoms with E-state index in [2.05, 4.69) is 51.2 Å². The van der Waals surface area contributed by atoms with Gasteiger partial charge >= 0.3 is 0 Å². The Morgan fingerprint density at radius 3 is 1.79 bits per heavy atom. The van der Waals surface area contributed by atoms with Crippen LogP contribution >= 0.6 is 23.2 Å². The van der Waals surface area contributed by atoms with E-state index in [1.165, 1.54) is 6.33 Å². The van der Waals surface area contributed by atoms with Crippen LogP contribution in [0.25, 0.3) is 22.3 Å². The normalized spacial score (nSPS) is 30.2. The maximum absolute atomic E-state index is 11.7. The van der Waals surface area contributed by atoms with Gasteiger partial charge in [0.05, 0.1) is 36.9 Å². The minimum Gasteiger partial charge on any atom is -0.390 e. The summed E-state index contributed by atoms with van der Waals surface area (Å²) in [5, 5.41) is 72.6. The molecule has 4 aromatic heterocycles. The van der Waals surface area contributed by atoms with Crippen LogP contribution in [0.3, 0.4) is 0 Å². The molecule has 0 aromatic carbocycles. The second-order valence-electron chi connectivity index (χ2n) is 13.8. The molecule has 0 radical (unpaired) electrons. The number of aliphatic hydroxyl groups is 6. The van der Waals surface area contributed by atoms with Crippen molar-refractivity contribution in [2.45, 2.75) is 99.7 Å². The molecule has 286 valence electrons. The van der Waals surface area contributed by atoms with Crippen molar-refractivity contribution in [3.8, 4) is 0 Å². The first-order chi connectivity index (χ1) is 25.4. The minimum absolute atomic E-state index is 0.00588. The van der Waals surface area contributed by atoms with E-state index >= 15 is 0 Å². The molecule has 10 N–H and O–H groups in total. The van der Waals surface area contributed by atoms with Crippen LogP contribution < -0.4 is 21.3 Å². The Balaban J connectivity index is 0.995. The molecular weight excluding hydrogens is 739 g/mol. The Labute approximate surface area is 311 Å². The molecule has 20 nitrogen and oxygen atoms in total. The topological polar surface area (TPSA) is 291 Å². The molecule has 0 saturated heterocycles. The van der Waals surface area contributed by atoms with Crippen LogP contribution in [0.15, 0.2) is 12.7 Å². The number of halogens is 2. The number of nitrogens with zero attached hydrogens (tertiary/aromatic N) is 8. The van der Waals surface area contributed by atoms with Gasteiger partial charge in [-0.3, -0.25) is 9.59 Å². The number of aliphatic hydroxyl groups excluding tert-OH is 6. The minimum atomic E-state index is -1.26. The van der Waals surface area contributed by atoms with Gasteiger partial charge in [-0.05, 0) is 61.7 Å². The highest BCUT2D eigenvalue weighted by Gasteiger charge is 2.44. The van der Waals surface area contributed by atoms with Crippen molar-refractivity contribution in [1.82, 2.24) is 49.7 Å². The average Bonchev–Trinajstić information content (AvgIpc) is 3.88. The fraction of sp³-hybridized carbons (Fsp3) is 0.613. The van der Waals surface area contributed by atoms with E-state index in [9.17, 15) is 30.0 Å². The van der Waals surface area contributed by atoms with Crippen molar-refractivity contribution in [3.63, 3.8) is 0 Å². The van der Waals surface area contributed by atoms with Crippen LogP contribution in [0, 0.1) is 5.92 Å². The van der Waals surface area contributed by atoms with Crippen molar-refractivity contribution >= 4 is 69.0 Å². The van der Waals surface area contributed by atoms with E-state index < -0.39 is 73.5 Å². The highest BCUT2D eigenvalue weighted by Crippen LogP contribution is 2.36. The SMILES string of the molecule is O=C(CO)N[C@H]1C[C@@H](n2cnc3c(NC4CCC(Nc5nc(Cl)nc6c5ncn6C[C@@H]5C[C@H](NC(=O)CO)[C@@H](O)[C@H]5O)CC4)nc(Cl)nc32)[C@H](O)[C@@H]1O. The lowest BCUT2D eigenvalue weighted by molar-refractivity contribution is -0.126. The zero-order valence-corrected chi connectivity index (χ0v) is 29.6. The van der Waals surface area contributed by atoms with Gasteiger partial charge in [-0.2, -0.15) is 19.9 Å². The zero-order chi connectivity index (χ0) is 37.6. The number of amides is 2. The summed E-state index contributed by atoms with van der Waals surface area (Å²) in [6, 6.07) is -2.12. The van der Waals surface area contributed by atoms with Gasteiger partial charge in [0.2, 0.25) is 22.4 Å². The Morgan fingerprint density at radius 2 is 1.21 bits per heavy atom. The molecule has 4 aromatic rings. The van der Waals surface area contributed by atoms with Gasteiger partial charge in [-0.1, -0.05) is 0 Å². The molecule has 2 amide bonds. The lowest BCUT2D eigenvalue weighted by Gasteiger charge is -2.30. The van der Waals surface area contributed by atoms with Crippen LogP contribution in [-0.2, 0) is 16.1 Å². The van der Waals surface area contributed by atoms with E-state index in [1.54, 1.807) is 15.5 Å². The number of aromatic nitrogens is 8. The van der Waals surface area contributed by atoms with Gasteiger partial charge in [-0.25, -0.2) is 9.97 Å². The van der Waals surface area contributed by atoms with E-state index in [4.69, 9.17) is 33.4 Å². The van der Waals surface area contributed by atoms with Crippen molar-refractivity contribution in [3.05, 3.63) is 23.2 Å². The van der Waals surface area contributed by atoms with E-state index in [0.29, 0.717) is 34.0 Å². The third kappa shape index (κ3) is 7.54. The number of rotatable bonds is 11. The molecule has 4 heterocycles. The molecule has 3 saturated carbocycles. The molecule has 0 bridgehead atoms. The standard InChI is InChI=1S/C31H40Cl2N12O8/c32-30-40-26(20-28(42-30)44(10-34-20)7-12-5-15(23(51)22(12)50)38-18(48)8-46)36-13-1-3-14(4-2-13)37-27-21-29(43-31(33)41-27)45(11-35-21)17-6-16(24(52)25(17)53)39-19(49)9-47/h10-17,22-25,46-47,50-53H,1-9H2,(H,38,48)(H,39,49)(H,36,40,42)(H,37,41,43)/t12-,13?,14?,15-,16-,17+,22-,23+,24+,25-/m0/s1. The Kier molecular flexibility index (Phi) is 10.8. The summed E-state index contributed by atoms with van der Waals surface area (Å²) >= 11 is 12.7. The Bertz CT molecular complexity index is 1980. The Morgan fingerprint density at radius 1 is 0.698 bits per heavy atom. The molecule has 0 aliphatic heterocycles. The van der Waals surface area contributed by atoms with Crippen LogP contribution in [0.5, 0.6) is 0 Å². The third-order valence-electron chi connectivity index (χ3n) is 10.5. The van der Waals surface area contributed by atoms with Crippen LogP contribution in [-0.4, -0.2) is 143 Å². The molecular formula is C31H40Cl2N12O8. The lowest BCUT2D eigenvalue weighted by atomic mass is 9.91. The lowest BCUT2D eigenvalue weighted by Crippen LogP contribution is -2.44. The number of carbonyl (C=O) groups excluding carboxylic acids is 2. The van der Waals surface area contributed by atoms with E-state index in [0.717, 1.165) is 25.7 Å². The van der Waals surface area contributed by atoms with Crippen molar-refractivity contribution in [2.24, 2.45) is 5.92 Å². The van der Waals surface area contributed by atoms with Crippen LogP contribution in [0.4, 0.5) is 11.6 Å². The Hall–Kier alpha value is -4.02. The van der Waals surface area contributed by atoms with Crippen LogP contribution in [0.1, 0.15) is 44.6 Å². The summed E-state index contributed by atoms with van der Waals surface area (Å²) in [4.78, 5) is 49.9. The summed E-state index contributed by atoms with van der Waals surface area (Å²) < 4.78 is 3.33. The number of fused-ring (bicyclic) bond motifs is 2. The van der Waals surface area contributed by atoms with Gasteiger partial charge in [0.25, 0.3) is 0 Å². The number of anilines is 2. The molecule has 3 aliphatic rings. The smallest absolute Gasteiger partial charge is 0.246 e. The largest absolute Gasteiger partial charge is 0.390 e. The van der Waals surface area contributed by atoms with E-state index in [1.807, 2.05) is 0 Å². The highest BCUT2D eigenvalue weighted by molar-refractivity contribution is 6.29. The van der Waals surface area contributed by atoms with Gasteiger partial charge in [0, 0.05) is 24.5 Å². The maximum atomic E-state index is 11.7. The summed E-state index contributed by atoms with van der Waals surface area (Å²) in [5.74, 6) is -0.843. The first kappa shape index (κ1) is 37.3. The van der Waals surface area contributed by atoms with Gasteiger partial charge in [-0.15, -0.1) is 0 Å². The highest BCUT2D eigenvalue weighted by atomic mass is 35.5. The summed E-state index contributed by atoms with van der Waals surface area (Å²) in [7, 11) is 0. The van der Waals surface area contributed by atoms with Crippen LogP contribution in [0.2, 0.25) is 10.6 Å². The fourth-order valence-electron chi connectivity index (χ4n) is 7.79. The van der Waals surface area contributed by atoms with Crippen molar-refractivity contribution in [2.75, 3.05) is 23.8 Å². The number of carbonyl (C=O) groups is 2. The number of hydrogen-bond acceptors (Lipinski definition) is 16. The molecule has 3 fully saturated rings. The average molecular weight is 780 g/mol. The molecule has 0 unspecified atom stereocenters.